The van der Waals surface area contributed by atoms with Crippen molar-refractivity contribution in [2.24, 2.45) is 10.9 Å². The average molecular weight is 533 g/mol. The van der Waals surface area contributed by atoms with E-state index in [9.17, 15) is 14.4 Å². The van der Waals surface area contributed by atoms with Crippen LogP contribution in [0.2, 0.25) is 5.02 Å². The molecule has 0 unspecified atom stereocenters. The number of hydrogen-bond acceptors (Lipinski definition) is 7. The number of nitrogens with zero attached hydrogens (tertiary/aromatic N) is 3. The number of guanidine groups is 1. The number of halogens is 1. The average Bonchev–Trinajstić information content (AvgIpc) is 2.87. The smallest absolute Gasteiger partial charge is 0.323 e. The molecule has 0 spiro atoms. The highest BCUT2D eigenvalue weighted by Crippen LogP contribution is 2.32. The Morgan fingerprint density at radius 2 is 1.76 bits per heavy atom. The predicted molar refractivity (Wildman–Crippen MR) is 141 cm³/mol. The summed E-state index contributed by atoms with van der Waals surface area (Å²) in [6.07, 6.45) is 0.504. The van der Waals surface area contributed by atoms with Crippen molar-refractivity contribution in [1.29, 1.82) is 0 Å². The summed E-state index contributed by atoms with van der Waals surface area (Å²) in [4.78, 5) is 44.0. The molecule has 2 aromatic rings. The standard InChI is InChI=1S/C26H33ClN4O6/c1-17(2)37-22-12-11-21(13-23(22)35-5)28-25(29-26(34)30(4)14-18(3)24(33)36-6)31(16-32)15-19-7-9-20(27)10-8-19/h7-13,16-18H,14-15H2,1-6H3,(H,28,29,34)/t18-/m0/s1. The lowest BCUT2D eigenvalue weighted by atomic mass is 10.2. The fourth-order valence-corrected chi connectivity index (χ4v) is 3.40. The molecule has 2 aromatic carbocycles. The van der Waals surface area contributed by atoms with Gasteiger partial charge in [0.25, 0.3) is 0 Å². The van der Waals surface area contributed by atoms with Gasteiger partial charge in [0.2, 0.25) is 12.4 Å². The number of methoxy groups -OCH3 is 2. The molecule has 10 nitrogen and oxygen atoms in total. The number of amides is 3. The van der Waals surface area contributed by atoms with Gasteiger partial charge in [-0.2, -0.15) is 0 Å². The first-order valence-electron chi connectivity index (χ1n) is 11.6. The third kappa shape index (κ3) is 8.98. The van der Waals surface area contributed by atoms with Gasteiger partial charge in [-0.3, -0.25) is 19.8 Å². The molecule has 0 aliphatic heterocycles. The summed E-state index contributed by atoms with van der Waals surface area (Å²) >= 11 is 5.98. The van der Waals surface area contributed by atoms with Crippen LogP contribution >= 0.6 is 11.6 Å². The number of nitrogens with one attached hydrogen (secondary N) is 1. The Morgan fingerprint density at radius 1 is 1.08 bits per heavy atom. The van der Waals surface area contributed by atoms with Crippen molar-refractivity contribution in [2.45, 2.75) is 33.4 Å². The molecule has 2 rings (SSSR count). The molecular formula is C26H33ClN4O6. The Kier molecular flexibility index (Phi) is 11.2. The van der Waals surface area contributed by atoms with Gasteiger partial charge < -0.3 is 19.1 Å². The quantitative estimate of drug-likeness (QED) is 0.212. The van der Waals surface area contributed by atoms with Crippen molar-refractivity contribution in [2.75, 3.05) is 27.8 Å². The van der Waals surface area contributed by atoms with Crippen LogP contribution in [0.5, 0.6) is 11.5 Å². The SMILES string of the molecule is COC(=O)[C@@H](C)CN(C)C(=O)NC(=Nc1ccc(OC(C)C)c(OC)c1)N(C=O)Cc1ccc(Cl)cc1. The Morgan fingerprint density at radius 3 is 2.32 bits per heavy atom. The minimum atomic E-state index is -0.566. The molecule has 200 valence electrons. The van der Waals surface area contributed by atoms with Gasteiger partial charge in [-0.15, -0.1) is 0 Å². The number of hydrogen-bond donors (Lipinski definition) is 1. The van der Waals surface area contributed by atoms with Crippen LogP contribution in [0.1, 0.15) is 26.3 Å². The van der Waals surface area contributed by atoms with Crippen LogP contribution in [0.25, 0.3) is 0 Å². The van der Waals surface area contributed by atoms with E-state index in [4.69, 9.17) is 25.8 Å². The fraction of sp³-hybridized carbons (Fsp3) is 0.385. The van der Waals surface area contributed by atoms with E-state index < -0.39 is 17.9 Å². The van der Waals surface area contributed by atoms with E-state index in [1.165, 1.54) is 31.1 Å². The van der Waals surface area contributed by atoms with Crippen LogP contribution in [-0.4, -0.2) is 68.1 Å². The molecule has 0 saturated heterocycles. The second-order valence-corrected chi connectivity index (χ2v) is 8.97. The number of rotatable bonds is 10. The maximum absolute atomic E-state index is 13.0. The molecule has 1 atom stereocenters. The van der Waals surface area contributed by atoms with Gasteiger partial charge in [0.15, 0.2) is 11.5 Å². The van der Waals surface area contributed by atoms with Crippen molar-refractivity contribution in [3.63, 3.8) is 0 Å². The number of carbonyl (C=O) groups excluding carboxylic acids is 3. The highest BCUT2D eigenvalue weighted by Gasteiger charge is 2.22. The van der Waals surface area contributed by atoms with Gasteiger partial charge in [-0.25, -0.2) is 9.79 Å². The largest absolute Gasteiger partial charge is 0.493 e. The van der Waals surface area contributed by atoms with Crippen molar-refractivity contribution >= 4 is 41.7 Å². The lowest BCUT2D eigenvalue weighted by Crippen LogP contribution is -2.49. The monoisotopic (exact) mass is 532 g/mol. The van der Waals surface area contributed by atoms with Crippen molar-refractivity contribution in [3.05, 3.63) is 53.1 Å². The summed E-state index contributed by atoms with van der Waals surface area (Å²) in [7, 11) is 4.32. The molecule has 0 bridgehead atoms. The summed E-state index contributed by atoms with van der Waals surface area (Å²) in [6, 6.07) is 11.4. The van der Waals surface area contributed by atoms with E-state index in [0.29, 0.717) is 28.6 Å². The highest BCUT2D eigenvalue weighted by molar-refractivity contribution is 6.30. The minimum Gasteiger partial charge on any atom is -0.493 e. The molecular weight excluding hydrogens is 500 g/mol. The van der Waals surface area contributed by atoms with E-state index >= 15 is 0 Å². The molecule has 0 fully saturated rings. The molecule has 37 heavy (non-hydrogen) atoms. The van der Waals surface area contributed by atoms with Gasteiger partial charge in [0, 0.05) is 24.7 Å². The summed E-state index contributed by atoms with van der Waals surface area (Å²) in [5.41, 5.74) is 1.18. The summed E-state index contributed by atoms with van der Waals surface area (Å²) < 4.78 is 15.9. The van der Waals surface area contributed by atoms with Crippen molar-refractivity contribution in [3.8, 4) is 11.5 Å². The Bertz CT molecular complexity index is 1110. The Labute approximate surface area is 222 Å². The van der Waals surface area contributed by atoms with Crippen molar-refractivity contribution in [1.82, 2.24) is 15.1 Å². The fourth-order valence-electron chi connectivity index (χ4n) is 3.27. The molecule has 0 aliphatic carbocycles. The number of esters is 1. The topological polar surface area (TPSA) is 110 Å². The van der Waals surface area contributed by atoms with Crippen LogP contribution in [0.4, 0.5) is 10.5 Å². The second-order valence-electron chi connectivity index (χ2n) is 8.53. The van der Waals surface area contributed by atoms with Crippen LogP contribution in [0.15, 0.2) is 47.5 Å². The van der Waals surface area contributed by atoms with Gasteiger partial charge in [0.1, 0.15) is 0 Å². The molecule has 1 N–H and O–H groups in total. The predicted octanol–water partition coefficient (Wildman–Crippen LogP) is 4.23. The van der Waals surface area contributed by atoms with E-state index in [-0.39, 0.29) is 25.2 Å². The lowest BCUT2D eigenvalue weighted by Gasteiger charge is -2.25. The summed E-state index contributed by atoms with van der Waals surface area (Å²) in [6.45, 7) is 5.66. The van der Waals surface area contributed by atoms with Gasteiger partial charge in [-0.05, 0) is 43.7 Å². The number of carbonyl (C=O) groups is 3. The second kappa shape index (κ2) is 14.1. The van der Waals surface area contributed by atoms with Gasteiger partial charge in [-0.1, -0.05) is 30.7 Å². The zero-order chi connectivity index (χ0) is 27.5. The van der Waals surface area contributed by atoms with E-state index in [1.54, 1.807) is 49.4 Å². The molecule has 0 heterocycles. The minimum absolute atomic E-state index is 0.0212. The summed E-state index contributed by atoms with van der Waals surface area (Å²) in [5, 5.41) is 3.23. The molecule has 0 radical (unpaired) electrons. The third-order valence-electron chi connectivity index (χ3n) is 5.13. The van der Waals surface area contributed by atoms with Crippen LogP contribution in [0.3, 0.4) is 0 Å². The first-order chi connectivity index (χ1) is 17.6. The van der Waals surface area contributed by atoms with Crippen LogP contribution < -0.4 is 14.8 Å². The normalized spacial score (nSPS) is 11.9. The Hall–Kier alpha value is -3.79. The zero-order valence-electron chi connectivity index (χ0n) is 21.9. The van der Waals surface area contributed by atoms with Gasteiger partial charge >= 0.3 is 12.0 Å². The molecule has 0 saturated carbocycles. The number of ether oxygens (including phenoxy) is 3. The zero-order valence-corrected chi connectivity index (χ0v) is 22.6. The highest BCUT2D eigenvalue weighted by atomic mass is 35.5. The third-order valence-corrected chi connectivity index (χ3v) is 5.38. The first kappa shape index (κ1) is 29.4. The summed E-state index contributed by atoms with van der Waals surface area (Å²) in [5.74, 6) is -0.0316. The maximum Gasteiger partial charge on any atom is 0.323 e. The molecule has 0 aliphatic rings. The molecule has 11 heteroatoms. The lowest BCUT2D eigenvalue weighted by molar-refractivity contribution is -0.145. The number of urea groups is 1. The molecule has 3 amide bonds. The number of aliphatic imine (C=N–C) groups is 1. The van der Waals surface area contributed by atoms with Crippen LogP contribution in [-0.2, 0) is 20.9 Å². The maximum atomic E-state index is 13.0. The van der Waals surface area contributed by atoms with E-state index in [2.05, 4.69) is 10.3 Å². The van der Waals surface area contributed by atoms with E-state index in [0.717, 1.165) is 5.56 Å². The Balaban J connectivity index is 2.40. The first-order valence-corrected chi connectivity index (χ1v) is 11.9. The molecule has 0 aromatic heterocycles. The van der Waals surface area contributed by atoms with Gasteiger partial charge in [0.05, 0.1) is 38.5 Å². The number of benzene rings is 2. The van der Waals surface area contributed by atoms with Crippen molar-refractivity contribution < 1.29 is 28.6 Å². The van der Waals surface area contributed by atoms with E-state index in [1.807, 2.05) is 13.8 Å². The van der Waals surface area contributed by atoms with Crippen LogP contribution in [0, 0.1) is 5.92 Å².